The number of halogens is 1. The van der Waals surface area contributed by atoms with Crippen LogP contribution in [0, 0.1) is 6.92 Å². The van der Waals surface area contributed by atoms with Crippen LogP contribution in [-0.2, 0) is 14.8 Å². The van der Waals surface area contributed by atoms with Crippen molar-refractivity contribution in [3.63, 3.8) is 0 Å². The van der Waals surface area contributed by atoms with E-state index in [0.717, 1.165) is 22.9 Å². The molecule has 0 spiro atoms. The molecular formula is C13H18BrNO3S. The maximum atomic E-state index is 12.7. The molecule has 106 valence electrons. The van der Waals surface area contributed by atoms with Gasteiger partial charge in [-0.05, 0) is 37.5 Å². The van der Waals surface area contributed by atoms with E-state index in [1.54, 1.807) is 17.5 Å². The van der Waals surface area contributed by atoms with E-state index < -0.39 is 10.0 Å². The molecule has 0 saturated heterocycles. The predicted octanol–water partition coefficient (Wildman–Crippen LogP) is 2.56. The third kappa shape index (κ3) is 3.37. The van der Waals surface area contributed by atoms with Crippen LogP contribution >= 0.6 is 15.9 Å². The molecule has 1 aliphatic carbocycles. The van der Waals surface area contributed by atoms with E-state index in [9.17, 15) is 8.42 Å². The maximum Gasteiger partial charge on any atom is 0.243 e. The number of ether oxygens (including phenoxy) is 1. The highest BCUT2D eigenvalue weighted by molar-refractivity contribution is 9.10. The van der Waals surface area contributed by atoms with Crippen LogP contribution in [0.4, 0.5) is 0 Å². The lowest BCUT2D eigenvalue weighted by atomic mass is 10.2. The Morgan fingerprint density at radius 3 is 2.68 bits per heavy atom. The van der Waals surface area contributed by atoms with Crippen molar-refractivity contribution >= 4 is 26.0 Å². The summed E-state index contributed by atoms with van der Waals surface area (Å²) < 4.78 is 32.9. The summed E-state index contributed by atoms with van der Waals surface area (Å²) in [5.74, 6) is 0. The first-order valence-electron chi connectivity index (χ1n) is 6.23. The first kappa shape index (κ1) is 15.0. The molecule has 0 atom stereocenters. The number of benzene rings is 1. The van der Waals surface area contributed by atoms with Crippen LogP contribution in [-0.4, -0.2) is 39.0 Å². The average Bonchev–Trinajstić information content (AvgIpc) is 3.17. The van der Waals surface area contributed by atoms with E-state index in [0.29, 0.717) is 18.0 Å². The Morgan fingerprint density at radius 1 is 1.42 bits per heavy atom. The van der Waals surface area contributed by atoms with E-state index in [4.69, 9.17) is 4.74 Å². The van der Waals surface area contributed by atoms with Gasteiger partial charge < -0.3 is 4.74 Å². The molecule has 0 heterocycles. The number of sulfonamides is 1. The molecule has 0 N–H and O–H groups in total. The first-order valence-corrected chi connectivity index (χ1v) is 8.47. The van der Waals surface area contributed by atoms with Crippen molar-refractivity contribution in [2.24, 2.45) is 0 Å². The molecule has 0 bridgehead atoms. The Morgan fingerprint density at radius 2 is 2.11 bits per heavy atom. The molecule has 1 aromatic carbocycles. The molecule has 0 radical (unpaired) electrons. The third-order valence-corrected chi connectivity index (χ3v) is 5.79. The van der Waals surface area contributed by atoms with Gasteiger partial charge in [-0.1, -0.05) is 22.0 Å². The zero-order chi connectivity index (χ0) is 14.0. The number of methoxy groups -OCH3 is 1. The highest BCUT2D eigenvalue weighted by atomic mass is 79.9. The minimum absolute atomic E-state index is 0.138. The van der Waals surface area contributed by atoms with Gasteiger partial charge in [-0.2, -0.15) is 4.31 Å². The fourth-order valence-electron chi connectivity index (χ4n) is 2.02. The zero-order valence-corrected chi connectivity index (χ0v) is 13.5. The van der Waals surface area contributed by atoms with Gasteiger partial charge in [-0.3, -0.25) is 0 Å². The second kappa shape index (κ2) is 5.91. The van der Waals surface area contributed by atoms with Gasteiger partial charge in [0.2, 0.25) is 10.0 Å². The average molecular weight is 348 g/mol. The standard InChI is InChI=1S/C13H18BrNO3S/c1-10-3-4-11(14)9-13(10)19(16,17)15(7-8-18-2)12-5-6-12/h3-4,9,12H,5-8H2,1-2H3. The number of aryl methyl sites for hydroxylation is 1. The minimum Gasteiger partial charge on any atom is -0.383 e. The Bertz CT molecular complexity index is 555. The summed E-state index contributed by atoms with van der Waals surface area (Å²) in [6.45, 7) is 2.65. The molecule has 1 saturated carbocycles. The summed E-state index contributed by atoms with van der Waals surface area (Å²) in [6.07, 6.45) is 1.88. The lowest BCUT2D eigenvalue weighted by Gasteiger charge is -2.22. The molecule has 2 rings (SSSR count). The van der Waals surface area contributed by atoms with Crippen molar-refractivity contribution in [1.82, 2.24) is 4.31 Å². The van der Waals surface area contributed by atoms with Crippen LogP contribution in [0.25, 0.3) is 0 Å². The summed E-state index contributed by atoms with van der Waals surface area (Å²) in [5.41, 5.74) is 0.770. The largest absolute Gasteiger partial charge is 0.383 e. The zero-order valence-electron chi connectivity index (χ0n) is 11.1. The van der Waals surface area contributed by atoms with Crippen LogP contribution < -0.4 is 0 Å². The lowest BCUT2D eigenvalue weighted by molar-refractivity contribution is 0.177. The van der Waals surface area contributed by atoms with Gasteiger partial charge in [0.15, 0.2) is 0 Å². The smallest absolute Gasteiger partial charge is 0.243 e. The number of hydrogen-bond donors (Lipinski definition) is 0. The van der Waals surface area contributed by atoms with Crippen molar-refractivity contribution in [3.8, 4) is 0 Å². The topological polar surface area (TPSA) is 46.6 Å². The molecular weight excluding hydrogens is 330 g/mol. The Labute approximate surface area is 122 Å². The number of rotatable bonds is 6. The van der Waals surface area contributed by atoms with Crippen molar-refractivity contribution < 1.29 is 13.2 Å². The van der Waals surface area contributed by atoms with E-state index in [-0.39, 0.29) is 6.04 Å². The highest BCUT2D eigenvalue weighted by Gasteiger charge is 2.38. The first-order chi connectivity index (χ1) is 8.96. The monoisotopic (exact) mass is 347 g/mol. The van der Waals surface area contributed by atoms with Gasteiger partial charge in [0.05, 0.1) is 11.5 Å². The molecule has 19 heavy (non-hydrogen) atoms. The molecule has 6 heteroatoms. The van der Waals surface area contributed by atoms with Gasteiger partial charge in [0, 0.05) is 24.2 Å². The van der Waals surface area contributed by atoms with Gasteiger partial charge in [0.25, 0.3) is 0 Å². The summed E-state index contributed by atoms with van der Waals surface area (Å²) in [7, 11) is -1.85. The van der Waals surface area contributed by atoms with Crippen molar-refractivity contribution in [3.05, 3.63) is 28.2 Å². The second-order valence-electron chi connectivity index (χ2n) is 4.75. The van der Waals surface area contributed by atoms with E-state index in [2.05, 4.69) is 15.9 Å². The van der Waals surface area contributed by atoms with Crippen LogP contribution in [0.3, 0.4) is 0 Å². The molecule has 1 fully saturated rings. The van der Waals surface area contributed by atoms with Gasteiger partial charge in [0.1, 0.15) is 0 Å². The molecule has 0 unspecified atom stereocenters. The molecule has 0 aromatic heterocycles. The Kier molecular flexibility index (Phi) is 4.66. The number of hydrogen-bond acceptors (Lipinski definition) is 3. The maximum absolute atomic E-state index is 12.7. The van der Waals surface area contributed by atoms with Crippen molar-refractivity contribution in [1.29, 1.82) is 0 Å². The third-order valence-electron chi connectivity index (χ3n) is 3.21. The molecule has 4 nitrogen and oxygen atoms in total. The fraction of sp³-hybridized carbons (Fsp3) is 0.538. The SMILES string of the molecule is COCCN(C1CC1)S(=O)(=O)c1cc(Br)ccc1C. The number of nitrogens with zero attached hydrogens (tertiary/aromatic N) is 1. The summed E-state index contributed by atoms with van der Waals surface area (Å²) in [4.78, 5) is 0.380. The van der Waals surface area contributed by atoms with Crippen molar-refractivity contribution in [2.75, 3.05) is 20.3 Å². The summed E-state index contributed by atoms with van der Waals surface area (Å²) in [5, 5.41) is 0. The van der Waals surface area contributed by atoms with Crippen LogP contribution in [0.2, 0.25) is 0 Å². The van der Waals surface area contributed by atoms with Gasteiger partial charge in [-0.15, -0.1) is 0 Å². The van der Waals surface area contributed by atoms with Crippen LogP contribution in [0.5, 0.6) is 0 Å². The van der Waals surface area contributed by atoms with E-state index in [1.807, 2.05) is 19.1 Å². The summed E-state index contributed by atoms with van der Waals surface area (Å²) >= 11 is 3.34. The van der Waals surface area contributed by atoms with Crippen LogP contribution in [0.15, 0.2) is 27.6 Å². The molecule has 0 amide bonds. The highest BCUT2D eigenvalue weighted by Crippen LogP contribution is 2.33. The lowest BCUT2D eigenvalue weighted by Crippen LogP contribution is -2.36. The molecule has 1 aromatic rings. The van der Waals surface area contributed by atoms with E-state index >= 15 is 0 Å². The van der Waals surface area contributed by atoms with Gasteiger partial charge in [-0.25, -0.2) is 8.42 Å². The van der Waals surface area contributed by atoms with Crippen molar-refractivity contribution in [2.45, 2.75) is 30.7 Å². The Balaban J connectivity index is 2.35. The predicted molar refractivity (Wildman–Crippen MR) is 77.7 cm³/mol. The van der Waals surface area contributed by atoms with Crippen LogP contribution in [0.1, 0.15) is 18.4 Å². The summed E-state index contributed by atoms with van der Waals surface area (Å²) in [6, 6.07) is 5.48. The van der Waals surface area contributed by atoms with Gasteiger partial charge >= 0.3 is 0 Å². The second-order valence-corrected chi connectivity index (χ2v) is 7.52. The Hall–Kier alpha value is -0.430. The normalized spacial score (nSPS) is 16.0. The van der Waals surface area contributed by atoms with E-state index in [1.165, 1.54) is 0 Å². The fourth-order valence-corrected chi connectivity index (χ4v) is 4.46. The minimum atomic E-state index is -3.44. The quantitative estimate of drug-likeness (QED) is 0.794. The molecule has 0 aliphatic heterocycles. The molecule has 1 aliphatic rings.